The van der Waals surface area contributed by atoms with E-state index in [1.54, 1.807) is 4.90 Å². The first-order chi connectivity index (χ1) is 14.5. The van der Waals surface area contributed by atoms with Gasteiger partial charge in [0.15, 0.2) is 0 Å². The molecule has 1 amide bonds. The predicted octanol–water partition coefficient (Wildman–Crippen LogP) is 1.41. The molecule has 0 spiro atoms. The highest BCUT2D eigenvalue weighted by molar-refractivity contribution is 5.68. The van der Waals surface area contributed by atoms with E-state index in [4.69, 9.17) is 9.57 Å². The third-order valence-corrected chi connectivity index (χ3v) is 5.76. The Bertz CT molecular complexity index is 866. The summed E-state index contributed by atoms with van der Waals surface area (Å²) in [6.45, 7) is 8.83. The minimum absolute atomic E-state index is 0.324. The van der Waals surface area contributed by atoms with E-state index in [9.17, 15) is 15.0 Å². The third kappa shape index (κ3) is 4.31. The number of ether oxygens (including phenoxy) is 1. The topological polar surface area (TPSA) is 90.6 Å². The Balaban J connectivity index is 1.33. The maximum Gasteiger partial charge on any atom is 0.434 e. The maximum atomic E-state index is 12.3. The summed E-state index contributed by atoms with van der Waals surface area (Å²) in [5, 5.41) is 19.2. The molecule has 0 radical (unpaired) electrons. The molecule has 2 fully saturated rings. The zero-order valence-corrected chi connectivity index (χ0v) is 17.2. The number of carbonyl (C=O) groups is 1. The van der Waals surface area contributed by atoms with E-state index in [-0.39, 0.29) is 11.8 Å². The molecule has 1 aromatic carbocycles. The van der Waals surface area contributed by atoms with Crippen molar-refractivity contribution in [3.63, 3.8) is 0 Å². The predicted molar refractivity (Wildman–Crippen MR) is 111 cm³/mol. The standard InChI is InChI=1S/C21H28N4O5/c1-16-17(3-2-4-18(16)23-11-13-29-14-12-23)15-22-7-9-24(10-8-22)21(28)30-25-19(26)5-6-20(25)27/h2-6,26-27H,7-15H2,1H3. The first kappa shape index (κ1) is 20.4. The van der Waals surface area contributed by atoms with E-state index in [0.29, 0.717) is 13.1 Å². The van der Waals surface area contributed by atoms with Crippen LogP contribution in [0.3, 0.4) is 0 Å². The highest BCUT2D eigenvalue weighted by Gasteiger charge is 2.25. The first-order valence-electron chi connectivity index (χ1n) is 10.2. The molecule has 0 atom stereocenters. The second kappa shape index (κ2) is 8.85. The SMILES string of the molecule is Cc1c(CN2CCN(C(=O)On3c(O)ccc3O)CC2)cccc1N1CCOCC1. The average Bonchev–Trinajstić information content (AvgIpc) is 3.08. The Labute approximate surface area is 175 Å². The number of rotatable bonds is 4. The van der Waals surface area contributed by atoms with Crippen LogP contribution in [0.15, 0.2) is 30.3 Å². The van der Waals surface area contributed by atoms with Gasteiger partial charge in [0.05, 0.1) is 13.2 Å². The van der Waals surface area contributed by atoms with Crippen molar-refractivity contribution in [2.45, 2.75) is 13.5 Å². The van der Waals surface area contributed by atoms with Crippen LogP contribution in [0.5, 0.6) is 11.8 Å². The molecule has 3 heterocycles. The quantitative estimate of drug-likeness (QED) is 0.779. The summed E-state index contributed by atoms with van der Waals surface area (Å²) >= 11 is 0. The summed E-state index contributed by atoms with van der Waals surface area (Å²) in [5.41, 5.74) is 3.85. The van der Waals surface area contributed by atoms with Crippen LogP contribution in [0.25, 0.3) is 0 Å². The molecule has 2 aromatic rings. The van der Waals surface area contributed by atoms with Crippen LogP contribution in [-0.4, -0.2) is 83.3 Å². The van der Waals surface area contributed by atoms with E-state index in [1.807, 2.05) is 0 Å². The number of benzene rings is 1. The number of hydrogen-bond acceptors (Lipinski definition) is 7. The van der Waals surface area contributed by atoms with Crippen LogP contribution >= 0.6 is 0 Å². The Morgan fingerprint density at radius 1 is 1.00 bits per heavy atom. The van der Waals surface area contributed by atoms with Gasteiger partial charge in [-0.15, -0.1) is 4.73 Å². The lowest BCUT2D eigenvalue weighted by atomic mass is 10.0. The number of piperazine rings is 1. The molecule has 2 saturated heterocycles. The van der Waals surface area contributed by atoms with Gasteiger partial charge < -0.3 is 29.6 Å². The Morgan fingerprint density at radius 2 is 1.67 bits per heavy atom. The van der Waals surface area contributed by atoms with Crippen LogP contribution in [0.1, 0.15) is 11.1 Å². The fraction of sp³-hybridized carbons (Fsp3) is 0.476. The minimum Gasteiger partial charge on any atom is -0.492 e. The first-order valence-corrected chi connectivity index (χ1v) is 10.2. The Kier molecular flexibility index (Phi) is 6.01. The maximum absolute atomic E-state index is 12.3. The van der Waals surface area contributed by atoms with Crippen molar-refractivity contribution in [2.75, 3.05) is 57.4 Å². The number of carbonyl (C=O) groups excluding carboxylic acids is 1. The molecule has 0 bridgehead atoms. The molecule has 0 aliphatic carbocycles. The van der Waals surface area contributed by atoms with Crippen LogP contribution in [0, 0.1) is 6.92 Å². The second-order valence-electron chi connectivity index (χ2n) is 7.63. The summed E-state index contributed by atoms with van der Waals surface area (Å²) < 4.78 is 6.18. The van der Waals surface area contributed by atoms with Gasteiger partial charge in [0.1, 0.15) is 0 Å². The molecule has 9 nitrogen and oxygen atoms in total. The summed E-state index contributed by atoms with van der Waals surface area (Å²) in [7, 11) is 0. The van der Waals surface area contributed by atoms with Gasteiger partial charge in [-0.3, -0.25) is 4.90 Å². The van der Waals surface area contributed by atoms with E-state index in [2.05, 4.69) is 34.9 Å². The molecule has 1 aromatic heterocycles. The lowest BCUT2D eigenvalue weighted by Crippen LogP contribution is -2.50. The Morgan fingerprint density at radius 3 is 2.33 bits per heavy atom. The highest BCUT2D eigenvalue weighted by Crippen LogP contribution is 2.25. The molecule has 0 saturated carbocycles. The molecule has 30 heavy (non-hydrogen) atoms. The largest absolute Gasteiger partial charge is 0.492 e. The van der Waals surface area contributed by atoms with Gasteiger partial charge >= 0.3 is 6.09 Å². The van der Waals surface area contributed by atoms with Crippen LogP contribution in [-0.2, 0) is 11.3 Å². The number of morpholine rings is 1. The number of anilines is 1. The number of aromatic nitrogens is 1. The van der Waals surface area contributed by atoms with Crippen molar-refractivity contribution in [2.24, 2.45) is 0 Å². The van der Waals surface area contributed by atoms with E-state index in [0.717, 1.165) is 50.7 Å². The molecule has 2 aliphatic heterocycles. The smallest absolute Gasteiger partial charge is 0.434 e. The molecule has 162 valence electrons. The van der Waals surface area contributed by atoms with Gasteiger partial charge in [0.2, 0.25) is 11.8 Å². The van der Waals surface area contributed by atoms with Crippen LogP contribution < -0.4 is 9.74 Å². The molecule has 0 unspecified atom stereocenters. The second-order valence-corrected chi connectivity index (χ2v) is 7.63. The summed E-state index contributed by atoms with van der Waals surface area (Å²) in [6, 6.07) is 8.96. The molecule has 4 rings (SSSR count). The van der Waals surface area contributed by atoms with Crippen molar-refractivity contribution in [3.05, 3.63) is 41.5 Å². The van der Waals surface area contributed by atoms with Crippen molar-refractivity contribution in [1.29, 1.82) is 0 Å². The van der Waals surface area contributed by atoms with Gasteiger partial charge in [0, 0.05) is 63.6 Å². The molecular weight excluding hydrogens is 388 g/mol. The molecule has 2 aliphatic rings. The molecule has 9 heteroatoms. The van der Waals surface area contributed by atoms with Crippen LogP contribution in [0.4, 0.5) is 10.5 Å². The van der Waals surface area contributed by atoms with Gasteiger partial charge in [-0.1, -0.05) is 12.1 Å². The van der Waals surface area contributed by atoms with Gasteiger partial charge in [-0.05, 0) is 24.1 Å². The van der Waals surface area contributed by atoms with Crippen LogP contribution in [0.2, 0.25) is 0 Å². The van der Waals surface area contributed by atoms with Gasteiger partial charge in [0.25, 0.3) is 0 Å². The van der Waals surface area contributed by atoms with Crippen molar-refractivity contribution < 1.29 is 24.6 Å². The normalized spacial score (nSPS) is 17.9. The zero-order chi connectivity index (χ0) is 21.1. The number of aromatic hydroxyl groups is 2. The summed E-state index contributed by atoms with van der Waals surface area (Å²) in [6.07, 6.45) is -0.595. The lowest BCUT2D eigenvalue weighted by Gasteiger charge is -2.35. The van der Waals surface area contributed by atoms with Gasteiger partial charge in [-0.25, -0.2) is 4.79 Å². The van der Waals surface area contributed by atoms with Crippen molar-refractivity contribution in [3.8, 4) is 11.8 Å². The van der Waals surface area contributed by atoms with Gasteiger partial charge in [-0.2, -0.15) is 0 Å². The fourth-order valence-corrected chi connectivity index (χ4v) is 3.95. The lowest BCUT2D eigenvalue weighted by molar-refractivity contribution is 0.0555. The van der Waals surface area contributed by atoms with E-state index in [1.165, 1.54) is 28.9 Å². The number of amides is 1. The molecule has 2 N–H and O–H groups in total. The average molecular weight is 416 g/mol. The van der Waals surface area contributed by atoms with Crippen molar-refractivity contribution >= 4 is 11.8 Å². The highest BCUT2D eigenvalue weighted by atomic mass is 16.7. The van der Waals surface area contributed by atoms with Crippen molar-refractivity contribution in [1.82, 2.24) is 14.5 Å². The third-order valence-electron chi connectivity index (χ3n) is 5.76. The van der Waals surface area contributed by atoms with E-state index >= 15 is 0 Å². The monoisotopic (exact) mass is 416 g/mol. The molecular formula is C21H28N4O5. The Hall–Kier alpha value is -2.91. The zero-order valence-electron chi connectivity index (χ0n) is 17.2. The summed E-state index contributed by atoms with van der Waals surface area (Å²) in [4.78, 5) is 23.7. The fourth-order valence-electron chi connectivity index (χ4n) is 3.95. The number of hydrogen-bond donors (Lipinski definition) is 2. The number of nitrogens with zero attached hydrogens (tertiary/aromatic N) is 4. The summed E-state index contributed by atoms with van der Waals surface area (Å²) in [5.74, 6) is -0.648. The minimum atomic E-state index is -0.595. The van der Waals surface area contributed by atoms with E-state index < -0.39 is 6.09 Å².